The summed E-state index contributed by atoms with van der Waals surface area (Å²) in [5.41, 5.74) is 5.70. The average molecular weight is 325 g/mol. The van der Waals surface area contributed by atoms with Gasteiger partial charge in [0, 0.05) is 26.2 Å². The molecule has 5 heteroatoms. The molecule has 5 nitrogen and oxygen atoms in total. The summed E-state index contributed by atoms with van der Waals surface area (Å²) in [7, 11) is 3.98. The van der Waals surface area contributed by atoms with Crippen LogP contribution in [0.25, 0.3) is 0 Å². The van der Waals surface area contributed by atoms with E-state index in [1.165, 1.54) is 0 Å². The molecule has 2 aromatic carbocycles. The maximum absolute atomic E-state index is 11.7. The smallest absolute Gasteiger partial charge is 0.240 e. The second-order valence-corrected chi connectivity index (χ2v) is 5.80. The fourth-order valence-electron chi connectivity index (χ4n) is 2.21. The standard InChI is InChI=1S/C19H23N3O2/c1-22(2)17-10-6-16(7-11-17)14-20-21-19(24)5-3-4-15-8-12-18(23)13-9-15/h6-14,23H,3-5H2,1-2H3,(H,21,24)/b20-14-. The maximum atomic E-state index is 11.7. The Bertz CT molecular complexity index is 677. The molecule has 0 saturated carbocycles. The van der Waals surface area contributed by atoms with E-state index >= 15 is 0 Å². The Kier molecular flexibility index (Phi) is 6.37. The number of hydrazone groups is 1. The summed E-state index contributed by atoms with van der Waals surface area (Å²) in [6, 6.07) is 14.9. The zero-order valence-electron chi connectivity index (χ0n) is 14.1. The number of aryl methyl sites for hydroxylation is 1. The van der Waals surface area contributed by atoms with Crippen molar-refractivity contribution in [2.75, 3.05) is 19.0 Å². The van der Waals surface area contributed by atoms with Crippen LogP contribution in [0, 0.1) is 0 Å². The number of carbonyl (C=O) groups is 1. The highest BCUT2D eigenvalue weighted by Crippen LogP contribution is 2.12. The molecule has 126 valence electrons. The highest BCUT2D eigenvalue weighted by molar-refractivity contribution is 5.82. The lowest BCUT2D eigenvalue weighted by atomic mass is 10.1. The molecule has 0 aliphatic rings. The fourth-order valence-corrected chi connectivity index (χ4v) is 2.21. The monoisotopic (exact) mass is 325 g/mol. The number of nitrogens with zero attached hydrogens (tertiary/aromatic N) is 2. The minimum atomic E-state index is -0.102. The second-order valence-electron chi connectivity index (χ2n) is 5.80. The first-order valence-electron chi connectivity index (χ1n) is 7.92. The Balaban J connectivity index is 1.71. The third kappa shape index (κ3) is 5.76. The van der Waals surface area contributed by atoms with Crippen molar-refractivity contribution in [3.63, 3.8) is 0 Å². The van der Waals surface area contributed by atoms with E-state index in [-0.39, 0.29) is 11.7 Å². The highest BCUT2D eigenvalue weighted by Gasteiger charge is 2.01. The van der Waals surface area contributed by atoms with E-state index in [9.17, 15) is 9.90 Å². The zero-order chi connectivity index (χ0) is 17.4. The van der Waals surface area contributed by atoms with Crippen LogP contribution in [0.15, 0.2) is 53.6 Å². The lowest BCUT2D eigenvalue weighted by Gasteiger charge is -2.11. The van der Waals surface area contributed by atoms with Gasteiger partial charge in [0.1, 0.15) is 5.75 Å². The molecule has 0 saturated heterocycles. The van der Waals surface area contributed by atoms with Crippen LogP contribution < -0.4 is 10.3 Å². The molecule has 0 fully saturated rings. The van der Waals surface area contributed by atoms with Crippen LogP contribution in [-0.4, -0.2) is 31.3 Å². The maximum Gasteiger partial charge on any atom is 0.240 e. The topological polar surface area (TPSA) is 64.9 Å². The minimum absolute atomic E-state index is 0.102. The van der Waals surface area contributed by atoms with Crippen LogP contribution in [-0.2, 0) is 11.2 Å². The molecule has 0 unspecified atom stereocenters. The van der Waals surface area contributed by atoms with Crippen LogP contribution in [0.3, 0.4) is 0 Å². The van der Waals surface area contributed by atoms with Crippen LogP contribution in [0.2, 0.25) is 0 Å². The van der Waals surface area contributed by atoms with Gasteiger partial charge in [0.15, 0.2) is 0 Å². The summed E-state index contributed by atoms with van der Waals surface area (Å²) in [5.74, 6) is 0.152. The Hall–Kier alpha value is -2.82. The van der Waals surface area contributed by atoms with Crippen LogP contribution in [0.1, 0.15) is 24.0 Å². The third-order valence-corrected chi connectivity index (χ3v) is 3.62. The van der Waals surface area contributed by atoms with Crippen molar-refractivity contribution in [2.24, 2.45) is 5.10 Å². The second kappa shape index (κ2) is 8.72. The van der Waals surface area contributed by atoms with Crippen molar-refractivity contribution in [3.05, 3.63) is 59.7 Å². The van der Waals surface area contributed by atoms with Crippen LogP contribution in [0.5, 0.6) is 5.75 Å². The lowest BCUT2D eigenvalue weighted by Crippen LogP contribution is -2.17. The number of benzene rings is 2. The van der Waals surface area contributed by atoms with E-state index in [0.29, 0.717) is 6.42 Å². The largest absolute Gasteiger partial charge is 0.508 e. The number of anilines is 1. The van der Waals surface area contributed by atoms with E-state index in [1.807, 2.05) is 55.4 Å². The number of hydrogen-bond donors (Lipinski definition) is 2. The van der Waals surface area contributed by atoms with Gasteiger partial charge < -0.3 is 10.0 Å². The van der Waals surface area contributed by atoms with Gasteiger partial charge in [0.25, 0.3) is 0 Å². The molecule has 0 aliphatic carbocycles. The van der Waals surface area contributed by atoms with Crippen molar-refractivity contribution in [2.45, 2.75) is 19.3 Å². The number of phenols is 1. The van der Waals surface area contributed by atoms with Gasteiger partial charge in [-0.05, 0) is 48.2 Å². The van der Waals surface area contributed by atoms with E-state index in [0.717, 1.165) is 29.7 Å². The van der Waals surface area contributed by atoms with Crippen molar-refractivity contribution < 1.29 is 9.90 Å². The predicted octanol–water partition coefficient (Wildman–Crippen LogP) is 2.93. The van der Waals surface area contributed by atoms with Gasteiger partial charge in [-0.2, -0.15) is 5.10 Å². The van der Waals surface area contributed by atoms with E-state index in [2.05, 4.69) is 10.5 Å². The number of nitrogens with one attached hydrogen (secondary N) is 1. The molecular weight excluding hydrogens is 302 g/mol. The summed E-state index contributed by atoms with van der Waals surface area (Å²) in [4.78, 5) is 13.8. The zero-order valence-corrected chi connectivity index (χ0v) is 14.1. The van der Waals surface area contributed by atoms with Crippen molar-refractivity contribution in [1.29, 1.82) is 0 Å². The van der Waals surface area contributed by atoms with Gasteiger partial charge >= 0.3 is 0 Å². The van der Waals surface area contributed by atoms with Crippen molar-refractivity contribution >= 4 is 17.8 Å². The molecule has 24 heavy (non-hydrogen) atoms. The molecule has 0 bridgehead atoms. The first kappa shape index (κ1) is 17.5. The summed E-state index contributed by atoms with van der Waals surface area (Å²) >= 11 is 0. The SMILES string of the molecule is CN(C)c1ccc(/C=N\NC(=O)CCCc2ccc(O)cc2)cc1. The Morgan fingerprint density at radius 3 is 2.42 bits per heavy atom. The molecule has 0 radical (unpaired) electrons. The number of phenolic OH excluding ortho intramolecular Hbond substituents is 1. The van der Waals surface area contributed by atoms with Gasteiger partial charge in [-0.3, -0.25) is 4.79 Å². The quantitative estimate of drug-likeness (QED) is 0.608. The molecule has 0 heterocycles. The van der Waals surface area contributed by atoms with Gasteiger partial charge in [-0.15, -0.1) is 0 Å². The Morgan fingerprint density at radius 1 is 1.12 bits per heavy atom. The Labute approximate surface area is 142 Å². The Morgan fingerprint density at radius 2 is 1.79 bits per heavy atom. The predicted molar refractivity (Wildman–Crippen MR) is 97.6 cm³/mol. The molecule has 1 amide bonds. The molecule has 0 spiro atoms. The third-order valence-electron chi connectivity index (χ3n) is 3.62. The first-order valence-corrected chi connectivity index (χ1v) is 7.92. The fraction of sp³-hybridized carbons (Fsp3) is 0.263. The normalized spacial score (nSPS) is 10.8. The molecule has 0 aliphatic heterocycles. The molecular formula is C19H23N3O2. The molecule has 0 aromatic heterocycles. The first-order chi connectivity index (χ1) is 11.5. The number of rotatable bonds is 7. The van der Waals surface area contributed by atoms with Gasteiger partial charge in [0.05, 0.1) is 6.21 Å². The summed E-state index contributed by atoms with van der Waals surface area (Å²) in [6.45, 7) is 0. The van der Waals surface area contributed by atoms with E-state index in [4.69, 9.17) is 0 Å². The van der Waals surface area contributed by atoms with E-state index in [1.54, 1.807) is 18.3 Å². The number of aromatic hydroxyl groups is 1. The average Bonchev–Trinajstić information content (AvgIpc) is 2.57. The van der Waals surface area contributed by atoms with Crippen LogP contribution >= 0.6 is 0 Å². The van der Waals surface area contributed by atoms with Gasteiger partial charge in [0.2, 0.25) is 5.91 Å². The number of amides is 1. The minimum Gasteiger partial charge on any atom is -0.508 e. The van der Waals surface area contributed by atoms with Gasteiger partial charge in [-0.1, -0.05) is 24.3 Å². The lowest BCUT2D eigenvalue weighted by molar-refractivity contribution is -0.121. The molecule has 2 rings (SSSR count). The summed E-state index contributed by atoms with van der Waals surface area (Å²) in [5, 5.41) is 13.2. The number of hydrogen-bond acceptors (Lipinski definition) is 4. The number of carbonyl (C=O) groups excluding carboxylic acids is 1. The molecule has 2 aromatic rings. The summed E-state index contributed by atoms with van der Waals surface area (Å²) < 4.78 is 0. The van der Waals surface area contributed by atoms with E-state index < -0.39 is 0 Å². The van der Waals surface area contributed by atoms with Crippen LogP contribution in [0.4, 0.5) is 5.69 Å². The highest BCUT2D eigenvalue weighted by atomic mass is 16.3. The summed E-state index contributed by atoms with van der Waals surface area (Å²) in [6.07, 6.45) is 3.59. The molecule has 0 atom stereocenters. The van der Waals surface area contributed by atoms with Crippen molar-refractivity contribution in [1.82, 2.24) is 5.43 Å². The van der Waals surface area contributed by atoms with Gasteiger partial charge in [-0.25, -0.2) is 5.43 Å². The van der Waals surface area contributed by atoms with Crippen molar-refractivity contribution in [3.8, 4) is 5.75 Å². The molecule has 2 N–H and O–H groups in total.